The number of likely N-dealkylation sites (tertiary alicyclic amines) is 1. The quantitative estimate of drug-likeness (QED) is 0.608. The second-order valence-electron chi connectivity index (χ2n) is 9.43. The van der Waals surface area contributed by atoms with Gasteiger partial charge < -0.3 is 24.9 Å². The van der Waals surface area contributed by atoms with E-state index >= 15 is 0 Å². The highest BCUT2D eigenvalue weighted by Crippen LogP contribution is 2.41. The Bertz CT molecular complexity index is 1010. The summed E-state index contributed by atoms with van der Waals surface area (Å²) < 4.78 is 5.67. The van der Waals surface area contributed by atoms with E-state index < -0.39 is 0 Å². The summed E-state index contributed by atoms with van der Waals surface area (Å²) in [4.78, 5) is 37.4. The zero-order valence-electron chi connectivity index (χ0n) is 19.1. The normalized spacial score (nSPS) is 18.1. The number of carbonyl (C=O) groups is 2. The minimum Gasteiger partial charge on any atom is -0.459 e. The van der Waals surface area contributed by atoms with Crippen molar-refractivity contribution < 1.29 is 14.0 Å². The van der Waals surface area contributed by atoms with Crippen LogP contribution in [0.25, 0.3) is 11.1 Å². The van der Waals surface area contributed by atoms with Crippen LogP contribution in [0.2, 0.25) is 0 Å². The Balaban J connectivity index is 1.54. The molecule has 2 aliphatic rings. The van der Waals surface area contributed by atoms with Crippen molar-refractivity contribution in [2.45, 2.75) is 39.2 Å². The fourth-order valence-electron chi connectivity index (χ4n) is 4.78. The molecule has 2 saturated heterocycles. The number of aromatic nitrogens is 2. The standard InChI is InChI=1S/C23H32N6O3/c1-5-19(31)29-13-23(14-29)7-8-28(12-23)22-26-17-6-9-32-20(17)21(27-22)25-16(10-15(2)3)11-18(30)24-4/h5-6,9,15-16H,1,7-8,10-14H2,2-4H3,(H,24,30)(H,25,26,27)/t16-/m0/s1. The summed E-state index contributed by atoms with van der Waals surface area (Å²) in [7, 11) is 1.65. The molecule has 2 aromatic heterocycles. The number of nitrogens with zero attached hydrogens (tertiary/aromatic N) is 4. The van der Waals surface area contributed by atoms with Crippen molar-refractivity contribution >= 4 is 34.7 Å². The molecule has 1 atom stereocenters. The van der Waals surface area contributed by atoms with Crippen LogP contribution in [0.3, 0.4) is 0 Å². The van der Waals surface area contributed by atoms with E-state index in [-0.39, 0.29) is 23.3 Å². The maximum atomic E-state index is 12.0. The van der Waals surface area contributed by atoms with Gasteiger partial charge in [-0.3, -0.25) is 9.59 Å². The number of rotatable bonds is 8. The molecular weight excluding hydrogens is 408 g/mol. The van der Waals surface area contributed by atoms with Crippen molar-refractivity contribution in [2.24, 2.45) is 11.3 Å². The molecule has 2 fully saturated rings. The third kappa shape index (κ3) is 4.42. The van der Waals surface area contributed by atoms with Crippen LogP contribution in [0.1, 0.15) is 33.1 Å². The Morgan fingerprint density at radius 1 is 1.31 bits per heavy atom. The van der Waals surface area contributed by atoms with Crippen molar-refractivity contribution in [3.05, 3.63) is 25.0 Å². The molecule has 4 heterocycles. The lowest BCUT2D eigenvalue weighted by Crippen LogP contribution is -2.59. The van der Waals surface area contributed by atoms with Crippen LogP contribution in [-0.4, -0.2) is 66.0 Å². The minimum absolute atomic E-state index is 0.0102. The predicted octanol–water partition coefficient (Wildman–Crippen LogP) is 2.41. The first kappa shape index (κ1) is 22.1. The molecule has 0 aliphatic carbocycles. The molecular formula is C23H32N6O3. The second kappa shape index (κ2) is 8.80. The van der Waals surface area contributed by atoms with Crippen molar-refractivity contribution in [3.63, 3.8) is 0 Å². The molecule has 0 unspecified atom stereocenters. The Morgan fingerprint density at radius 2 is 2.09 bits per heavy atom. The second-order valence-corrected chi connectivity index (χ2v) is 9.43. The smallest absolute Gasteiger partial charge is 0.245 e. The fourth-order valence-corrected chi connectivity index (χ4v) is 4.78. The number of anilines is 2. The monoisotopic (exact) mass is 440 g/mol. The summed E-state index contributed by atoms with van der Waals surface area (Å²) in [5, 5.41) is 6.15. The number of amides is 2. The van der Waals surface area contributed by atoms with Crippen molar-refractivity contribution in [1.29, 1.82) is 0 Å². The largest absolute Gasteiger partial charge is 0.459 e. The molecule has 9 heteroatoms. The molecule has 0 bridgehead atoms. The molecule has 2 amide bonds. The van der Waals surface area contributed by atoms with Crippen LogP contribution in [-0.2, 0) is 9.59 Å². The summed E-state index contributed by atoms with van der Waals surface area (Å²) in [5.41, 5.74) is 1.43. The van der Waals surface area contributed by atoms with E-state index in [2.05, 4.69) is 36.0 Å². The highest BCUT2D eigenvalue weighted by Gasteiger charge is 2.49. The van der Waals surface area contributed by atoms with Gasteiger partial charge in [-0.25, -0.2) is 4.98 Å². The molecule has 2 aromatic rings. The van der Waals surface area contributed by atoms with E-state index in [4.69, 9.17) is 14.4 Å². The molecule has 2 aliphatic heterocycles. The van der Waals surface area contributed by atoms with Gasteiger partial charge in [0.2, 0.25) is 17.8 Å². The van der Waals surface area contributed by atoms with Crippen LogP contribution in [0.4, 0.5) is 11.8 Å². The lowest BCUT2D eigenvalue weighted by Gasteiger charge is -2.47. The van der Waals surface area contributed by atoms with Crippen molar-refractivity contribution in [2.75, 3.05) is 43.4 Å². The number of furan rings is 1. The Kier molecular flexibility index (Phi) is 6.08. The maximum absolute atomic E-state index is 12.0. The molecule has 172 valence electrons. The number of hydrogen-bond acceptors (Lipinski definition) is 7. The average Bonchev–Trinajstić information content (AvgIpc) is 3.38. The number of hydrogen-bond donors (Lipinski definition) is 2. The van der Waals surface area contributed by atoms with Gasteiger partial charge in [0.15, 0.2) is 11.4 Å². The van der Waals surface area contributed by atoms with Gasteiger partial charge in [-0.2, -0.15) is 4.98 Å². The van der Waals surface area contributed by atoms with Gasteiger partial charge in [0.1, 0.15) is 5.52 Å². The van der Waals surface area contributed by atoms with E-state index in [0.29, 0.717) is 29.7 Å². The van der Waals surface area contributed by atoms with Gasteiger partial charge in [0.05, 0.1) is 6.26 Å². The molecule has 9 nitrogen and oxygen atoms in total. The summed E-state index contributed by atoms with van der Waals surface area (Å²) in [6.07, 6.45) is 5.17. The first-order valence-electron chi connectivity index (χ1n) is 11.2. The van der Waals surface area contributed by atoms with Crippen LogP contribution >= 0.6 is 0 Å². The lowest BCUT2D eigenvalue weighted by atomic mass is 9.79. The predicted molar refractivity (Wildman–Crippen MR) is 123 cm³/mol. The molecule has 0 aromatic carbocycles. The molecule has 2 N–H and O–H groups in total. The number of carbonyl (C=O) groups excluding carboxylic acids is 2. The first-order valence-corrected chi connectivity index (χ1v) is 11.2. The third-order valence-electron chi connectivity index (χ3n) is 6.36. The van der Waals surface area contributed by atoms with Crippen LogP contribution in [0.5, 0.6) is 0 Å². The van der Waals surface area contributed by atoms with Crippen molar-refractivity contribution in [3.8, 4) is 0 Å². The Morgan fingerprint density at radius 3 is 2.78 bits per heavy atom. The molecule has 1 spiro atoms. The lowest BCUT2D eigenvalue weighted by molar-refractivity contribution is -0.136. The molecule has 32 heavy (non-hydrogen) atoms. The zero-order valence-corrected chi connectivity index (χ0v) is 19.1. The van der Waals surface area contributed by atoms with Gasteiger partial charge in [-0.15, -0.1) is 0 Å². The topological polar surface area (TPSA) is 104 Å². The fraction of sp³-hybridized carbons (Fsp3) is 0.565. The summed E-state index contributed by atoms with van der Waals surface area (Å²) >= 11 is 0. The van der Waals surface area contributed by atoms with E-state index in [1.807, 2.05) is 11.0 Å². The molecule has 4 rings (SSSR count). The molecule has 0 radical (unpaired) electrons. The number of nitrogens with one attached hydrogen (secondary N) is 2. The Labute approximate surface area is 188 Å². The van der Waals surface area contributed by atoms with Crippen molar-refractivity contribution in [1.82, 2.24) is 20.2 Å². The Hall–Kier alpha value is -3.10. The van der Waals surface area contributed by atoms with Gasteiger partial charge in [0, 0.05) is 57.2 Å². The van der Waals surface area contributed by atoms with E-state index in [9.17, 15) is 9.59 Å². The zero-order chi connectivity index (χ0) is 22.9. The molecule has 0 saturated carbocycles. The van der Waals surface area contributed by atoms with Gasteiger partial charge >= 0.3 is 0 Å². The SMILES string of the molecule is C=CC(=O)N1CC2(CCN(c3nc(N[C@H](CC(=O)NC)CC(C)C)c4occc4n3)C2)C1. The van der Waals surface area contributed by atoms with Gasteiger partial charge in [0.25, 0.3) is 0 Å². The van der Waals surface area contributed by atoms with E-state index in [0.717, 1.165) is 44.5 Å². The third-order valence-corrected chi connectivity index (χ3v) is 6.36. The van der Waals surface area contributed by atoms with Gasteiger partial charge in [-0.1, -0.05) is 20.4 Å². The van der Waals surface area contributed by atoms with E-state index in [1.54, 1.807) is 13.3 Å². The highest BCUT2D eigenvalue weighted by atomic mass is 16.3. The summed E-state index contributed by atoms with van der Waals surface area (Å²) in [5.74, 6) is 1.66. The average molecular weight is 441 g/mol. The van der Waals surface area contributed by atoms with Gasteiger partial charge in [-0.05, 0) is 24.8 Å². The number of fused-ring (bicyclic) bond motifs is 1. The summed E-state index contributed by atoms with van der Waals surface area (Å²) in [6.45, 7) is 11.0. The van der Waals surface area contributed by atoms with Crippen LogP contribution in [0.15, 0.2) is 29.4 Å². The maximum Gasteiger partial charge on any atom is 0.245 e. The highest BCUT2D eigenvalue weighted by molar-refractivity contribution is 5.88. The van der Waals surface area contributed by atoms with Crippen LogP contribution in [0, 0.1) is 11.3 Å². The minimum atomic E-state index is -0.0685. The first-order chi connectivity index (χ1) is 15.3. The van der Waals surface area contributed by atoms with E-state index in [1.165, 1.54) is 6.08 Å². The van der Waals surface area contributed by atoms with Crippen LogP contribution < -0.4 is 15.5 Å². The summed E-state index contributed by atoms with van der Waals surface area (Å²) in [6, 6.07) is 1.77.